The maximum Gasteiger partial charge on any atom is 0.410 e. The molecule has 2 amide bonds. The zero-order valence-corrected chi connectivity index (χ0v) is 15.7. The third-order valence-corrected chi connectivity index (χ3v) is 4.85. The Bertz CT molecular complexity index is 498. The predicted octanol–water partition coefficient (Wildman–Crippen LogP) is 2.05. The molecule has 0 unspecified atom stereocenters. The lowest BCUT2D eigenvalue weighted by molar-refractivity contribution is -0.149. The summed E-state index contributed by atoms with van der Waals surface area (Å²) in [4.78, 5) is 39.8. The molecule has 2 fully saturated rings. The molecule has 0 spiro atoms. The number of hydrogen-bond donors (Lipinski definition) is 0. The molecular weight excluding hydrogens is 324 g/mol. The quantitative estimate of drug-likeness (QED) is 0.709. The zero-order valence-electron chi connectivity index (χ0n) is 15.7. The molecule has 0 N–H and O–H groups in total. The molecule has 1 saturated heterocycles. The van der Waals surface area contributed by atoms with Gasteiger partial charge in [0.2, 0.25) is 5.91 Å². The topological polar surface area (TPSA) is 76.2 Å². The van der Waals surface area contributed by atoms with Crippen molar-refractivity contribution in [3.8, 4) is 0 Å². The smallest absolute Gasteiger partial charge is 0.410 e. The number of ether oxygens (including phenoxy) is 2. The first kappa shape index (κ1) is 19.5. The summed E-state index contributed by atoms with van der Waals surface area (Å²) in [5, 5.41) is 0. The van der Waals surface area contributed by atoms with Crippen LogP contribution in [-0.4, -0.2) is 66.7 Å². The van der Waals surface area contributed by atoms with Crippen LogP contribution in [0.2, 0.25) is 0 Å². The number of rotatable bonds is 2. The first-order valence-electron chi connectivity index (χ1n) is 9.06. The van der Waals surface area contributed by atoms with E-state index in [2.05, 4.69) is 0 Å². The van der Waals surface area contributed by atoms with Gasteiger partial charge in [-0.05, 0) is 46.5 Å². The number of hydrogen-bond acceptors (Lipinski definition) is 5. The van der Waals surface area contributed by atoms with E-state index in [4.69, 9.17) is 9.47 Å². The van der Waals surface area contributed by atoms with Gasteiger partial charge in [0.15, 0.2) is 0 Å². The minimum atomic E-state index is -0.512. The van der Waals surface area contributed by atoms with Gasteiger partial charge in [-0.15, -0.1) is 0 Å². The predicted molar refractivity (Wildman–Crippen MR) is 91.9 cm³/mol. The molecule has 1 heterocycles. The fourth-order valence-electron chi connectivity index (χ4n) is 3.44. The second kappa shape index (κ2) is 8.06. The third-order valence-electron chi connectivity index (χ3n) is 4.85. The summed E-state index contributed by atoms with van der Waals surface area (Å²) in [6, 6.07) is 0. The first-order chi connectivity index (χ1) is 11.7. The van der Waals surface area contributed by atoms with Crippen molar-refractivity contribution in [1.82, 2.24) is 9.80 Å². The van der Waals surface area contributed by atoms with E-state index in [0.29, 0.717) is 39.0 Å². The molecule has 142 valence electrons. The molecule has 2 rings (SSSR count). The summed E-state index contributed by atoms with van der Waals surface area (Å²) in [7, 11) is 1.41. The van der Waals surface area contributed by atoms with Crippen molar-refractivity contribution in [2.45, 2.75) is 52.1 Å². The Kier molecular flexibility index (Phi) is 6.30. The summed E-state index contributed by atoms with van der Waals surface area (Å²) >= 11 is 0. The number of piperazine rings is 1. The van der Waals surface area contributed by atoms with Gasteiger partial charge >= 0.3 is 12.1 Å². The van der Waals surface area contributed by atoms with E-state index >= 15 is 0 Å². The number of methoxy groups -OCH3 is 1. The SMILES string of the molecule is COC(=O)[C@H]1CC[C@H](C(=O)N2CCN(C(=O)OC(C)(C)C)CC2)CC1. The maximum absolute atomic E-state index is 12.7. The summed E-state index contributed by atoms with van der Waals surface area (Å²) in [5.41, 5.74) is -0.512. The number of carbonyl (C=O) groups is 3. The Labute approximate surface area is 149 Å². The Balaban J connectivity index is 1.78. The van der Waals surface area contributed by atoms with Crippen molar-refractivity contribution >= 4 is 18.0 Å². The number of carbonyl (C=O) groups excluding carboxylic acids is 3. The van der Waals surface area contributed by atoms with Crippen LogP contribution in [0.3, 0.4) is 0 Å². The fourth-order valence-corrected chi connectivity index (χ4v) is 3.44. The van der Waals surface area contributed by atoms with Gasteiger partial charge in [-0.3, -0.25) is 9.59 Å². The lowest BCUT2D eigenvalue weighted by Gasteiger charge is -2.38. The summed E-state index contributed by atoms with van der Waals surface area (Å²) in [6.45, 7) is 7.60. The second-order valence-corrected chi connectivity index (χ2v) is 7.86. The highest BCUT2D eigenvalue weighted by Gasteiger charge is 2.34. The van der Waals surface area contributed by atoms with Crippen molar-refractivity contribution in [2.75, 3.05) is 33.3 Å². The van der Waals surface area contributed by atoms with Crippen molar-refractivity contribution in [3.63, 3.8) is 0 Å². The molecule has 0 aromatic carbocycles. The Hall–Kier alpha value is -1.79. The van der Waals surface area contributed by atoms with Gasteiger partial charge in [0.25, 0.3) is 0 Å². The van der Waals surface area contributed by atoms with E-state index in [9.17, 15) is 14.4 Å². The molecule has 1 aliphatic heterocycles. The highest BCUT2D eigenvalue weighted by molar-refractivity contribution is 5.80. The van der Waals surface area contributed by atoms with E-state index in [-0.39, 0.29) is 29.8 Å². The third kappa shape index (κ3) is 5.34. The molecule has 0 bridgehead atoms. The van der Waals surface area contributed by atoms with E-state index < -0.39 is 5.60 Å². The van der Waals surface area contributed by atoms with Crippen LogP contribution in [0.1, 0.15) is 46.5 Å². The molecule has 0 radical (unpaired) electrons. The van der Waals surface area contributed by atoms with Crippen LogP contribution >= 0.6 is 0 Å². The van der Waals surface area contributed by atoms with Gasteiger partial charge in [0.1, 0.15) is 5.60 Å². The second-order valence-electron chi connectivity index (χ2n) is 7.86. The van der Waals surface area contributed by atoms with Crippen molar-refractivity contribution in [1.29, 1.82) is 0 Å². The molecule has 7 nitrogen and oxygen atoms in total. The average molecular weight is 354 g/mol. The molecule has 1 saturated carbocycles. The lowest BCUT2D eigenvalue weighted by atomic mass is 9.81. The first-order valence-corrected chi connectivity index (χ1v) is 9.06. The van der Waals surface area contributed by atoms with Crippen LogP contribution in [-0.2, 0) is 19.1 Å². The van der Waals surface area contributed by atoms with Gasteiger partial charge in [-0.1, -0.05) is 0 Å². The van der Waals surface area contributed by atoms with Gasteiger partial charge in [-0.2, -0.15) is 0 Å². The highest BCUT2D eigenvalue weighted by atomic mass is 16.6. The molecule has 7 heteroatoms. The van der Waals surface area contributed by atoms with Gasteiger partial charge in [-0.25, -0.2) is 4.79 Å². The minimum Gasteiger partial charge on any atom is -0.469 e. The number of esters is 1. The molecule has 25 heavy (non-hydrogen) atoms. The molecule has 0 aromatic heterocycles. The fraction of sp³-hybridized carbons (Fsp3) is 0.833. The summed E-state index contributed by atoms with van der Waals surface area (Å²) in [5.74, 6) is -0.115. The van der Waals surface area contributed by atoms with Gasteiger partial charge in [0, 0.05) is 32.1 Å². The normalized spacial score (nSPS) is 24.6. The molecular formula is C18H30N2O5. The van der Waals surface area contributed by atoms with E-state index in [1.165, 1.54) is 7.11 Å². The number of amides is 2. The van der Waals surface area contributed by atoms with E-state index in [0.717, 1.165) is 12.8 Å². The standard InChI is InChI=1S/C18H30N2O5/c1-18(2,3)25-17(23)20-11-9-19(10-12-20)15(21)13-5-7-14(8-6-13)16(22)24-4/h13-14H,5-12H2,1-4H3/t13-,14-. The summed E-state index contributed by atoms with van der Waals surface area (Å²) in [6.07, 6.45) is 2.55. The average Bonchev–Trinajstić information content (AvgIpc) is 2.59. The van der Waals surface area contributed by atoms with E-state index in [1.54, 1.807) is 4.90 Å². The van der Waals surface area contributed by atoms with Crippen LogP contribution in [0, 0.1) is 11.8 Å². The molecule has 0 atom stereocenters. The number of nitrogens with zero attached hydrogens (tertiary/aromatic N) is 2. The van der Waals surface area contributed by atoms with Crippen molar-refractivity contribution in [3.05, 3.63) is 0 Å². The largest absolute Gasteiger partial charge is 0.469 e. The zero-order chi connectivity index (χ0) is 18.6. The van der Waals surface area contributed by atoms with Crippen LogP contribution in [0.25, 0.3) is 0 Å². The Morgan fingerprint density at radius 2 is 1.32 bits per heavy atom. The highest BCUT2D eigenvalue weighted by Crippen LogP contribution is 2.31. The maximum atomic E-state index is 12.7. The van der Waals surface area contributed by atoms with Gasteiger partial charge in [0.05, 0.1) is 13.0 Å². The summed E-state index contributed by atoms with van der Waals surface area (Å²) < 4.78 is 10.2. The van der Waals surface area contributed by atoms with Crippen LogP contribution in [0.5, 0.6) is 0 Å². The lowest BCUT2D eigenvalue weighted by Crippen LogP contribution is -2.53. The molecule has 1 aliphatic carbocycles. The van der Waals surface area contributed by atoms with Crippen molar-refractivity contribution < 1.29 is 23.9 Å². The Morgan fingerprint density at radius 3 is 1.80 bits per heavy atom. The monoisotopic (exact) mass is 354 g/mol. The molecule has 0 aromatic rings. The van der Waals surface area contributed by atoms with Crippen molar-refractivity contribution in [2.24, 2.45) is 11.8 Å². The minimum absolute atomic E-state index is 0.0195. The van der Waals surface area contributed by atoms with Crippen LogP contribution < -0.4 is 0 Å². The van der Waals surface area contributed by atoms with E-state index in [1.807, 2.05) is 25.7 Å². The van der Waals surface area contributed by atoms with Crippen LogP contribution in [0.4, 0.5) is 4.79 Å². The van der Waals surface area contributed by atoms with Gasteiger partial charge < -0.3 is 19.3 Å². The van der Waals surface area contributed by atoms with Crippen LogP contribution in [0.15, 0.2) is 0 Å². The molecule has 2 aliphatic rings. The Morgan fingerprint density at radius 1 is 0.840 bits per heavy atom.